The van der Waals surface area contributed by atoms with Crippen LogP contribution in [-0.2, 0) is 14.3 Å². The number of carbonyl (C=O) groups excluding carboxylic acids is 1. The fourth-order valence-electron chi connectivity index (χ4n) is 1.68. The van der Waals surface area contributed by atoms with E-state index in [4.69, 9.17) is 26.2 Å². The average molecular weight is 342 g/mol. The molecule has 1 aromatic rings. The zero-order valence-corrected chi connectivity index (χ0v) is 13.8. The second-order valence-electron chi connectivity index (χ2n) is 4.92. The summed E-state index contributed by atoms with van der Waals surface area (Å²) >= 11 is 6.01. The van der Waals surface area contributed by atoms with Gasteiger partial charge < -0.3 is 19.9 Å². The van der Waals surface area contributed by atoms with Gasteiger partial charge in [0, 0.05) is 0 Å². The lowest BCUT2D eigenvalue weighted by Crippen LogP contribution is -2.48. The number of ether oxygens (including phenoxy) is 2. The number of carboxylic acids is 1. The molecule has 0 fully saturated rings. The standard InChI is InChI=1S/C16H20ClNO5/c1-4-7-22-9-13(16(20)21)18-15(19)11(3)23-14-8-10(2)5-6-12(14)17/h4-6,8,11,13H,1,7,9H2,2-3H3,(H,18,19)(H,20,21). The van der Waals surface area contributed by atoms with E-state index in [2.05, 4.69) is 11.9 Å². The molecule has 126 valence electrons. The quantitative estimate of drug-likeness (QED) is 0.531. The topological polar surface area (TPSA) is 84.9 Å². The van der Waals surface area contributed by atoms with Crippen LogP contribution in [0.3, 0.4) is 0 Å². The molecule has 1 rings (SSSR count). The van der Waals surface area contributed by atoms with Crippen LogP contribution in [0.15, 0.2) is 30.9 Å². The highest BCUT2D eigenvalue weighted by atomic mass is 35.5. The summed E-state index contributed by atoms with van der Waals surface area (Å²) < 4.78 is 10.6. The monoisotopic (exact) mass is 341 g/mol. The van der Waals surface area contributed by atoms with Crippen LogP contribution in [0, 0.1) is 6.92 Å². The number of carboxylic acid groups (broad SMARTS) is 1. The number of carbonyl (C=O) groups is 2. The van der Waals surface area contributed by atoms with Crippen molar-refractivity contribution in [2.45, 2.75) is 26.0 Å². The summed E-state index contributed by atoms with van der Waals surface area (Å²) in [7, 11) is 0. The number of aryl methyl sites for hydroxylation is 1. The van der Waals surface area contributed by atoms with Crippen molar-refractivity contribution in [2.75, 3.05) is 13.2 Å². The van der Waals surface area contributed by atoms with Gasteiger partial charge in [-0.25, -0.2) is 4.79 Å². The average Bonchev–Trinajstić information content (AvgIpc) is 2.49. The van der Waals surface area contributed by atoms with Crippen LogP contribution in [0.25, 0.3) is 0 Å². The molecule has 23 heavy (non-hydrogen) atoms. The Morgan fingerprint density at radius 1 is 1.48 bits per heavy atom. The summed E-state index contributed by atoms with van der Waals surface area (Å²) in [4.78, 5) is 23.2. The lowest BCUT2D eigenvalue weighted by molar-refractivity contribution is -0.144. The highest BCUT2D eigenvalue weighted by Gasteiger charge is 2.24. The molecule has 2 unspecified atom stereocenters. The summed E-state index contributed by atoms with van der Waals surface area (Å²) in [5.41, 5.74) is 0.929. The molecule has 0 aliphatic rings. The van der Waals surface area contributed by atoms with Crippen molar-refractivity contribution >= 4 is 23.5 Å². The van der Waals surface area contributed by atoms with Crippen LogP contribution in [0.1, 0.15) is 12.5 Å². The summed E-state index contributed by atoms with van der Waals surface area (Å²) in [5, 5.41) is 11.8. The maximum absolute atomic E-state index is 12.1. The summed E-state index contributed by atoms with van der Waals surface area (Å²) in [5.74, 6) is -1.40. The van der Waals surface area contributed by atoms with Gasteiger partial charge in [-0.15, -0.1) is 6.58 Å². The maximum atomic E-state index is 12.1. The van der Waals surface area contributed by atoms with E-state index in [9.17, 15) is 9.59 Å². The fourth-order valence-corrected chi connectivity index (χ4v) is 1.84. The van der Waals surface area contributed by atoms with Gasteiger partial charge in [-0.2, -0.15) is 0 Å². The molecule has 6 nitrogen and oxygen atoms in total. The molecule has 0 heterocycles. The SMILES string of the molecule is C=CCOCC(NC(=O)C(C)Oc1cc(C)ccc1Cl)C(=O)O. The van der Waals surface area contributed by atoms with Crippen molar-refractivity contribution in [1.82, 2.24) is 5.32 Å². The molecule has 2 N–H and O–H groups in total. The van der Waals surface area contributed by atoms with Gasteiger partial charge in [0.25, 0.3) is 5.91 Å². The van der Waals surface area contributed by atoms with Crippen LogP contribution in [-0.4, -0.2) is 42.3 Å². The van der Waals surface area contributed by atoms with Gasteiger partial charge >= 0.3 is 5.97 Å². The second kappa shape index (κ2) is 9.17. The van der Waals surface area contributed by atoms with E-state index < -0.39 is 24.0 Å². The molecule has 1 amide bonds. The smallest absolute Gasteiger partial charge is 0.328 e. The van der Waals surface area contributed by atoms with Crippen molar-refractivity contribution in [2.24, 2.45) is 0 Å². The van der Waals surface area contributed by atoms with Crippen molar-refractivity contribution in [3.63, 3.8) is 0 Å². The molecule has 0 saturated heterocycles. The number of halogens is 1. The zero-order valence-electron chi connectivity index (χ0n) is 13.0. The minimum Gasteiger partial charge on any atom is -0.480 e. The third-order valence-corrected chi connectivity index (χ3v) is 3.21. The Bertz CT molecular complexity index is 576. The number of hydrogen-bond acceptors (Lipinski definition) is 4. The molecule has 0 bridgehead atoms. The number of nitrogens with one attached hydrogen (secondary N) is 1. The Balaban J connectivity index is 2.65. The Hall–Kier alpha value is -2.05. The summed E-state index contributed by atoms with van der Waals surface area (Å²) in [6, 6.07) is 4.02. The first-order valence-electron chi connectivity index (χ1n) is 6.99. The van der Waals surface area contributed by atoms with E-state index in [0.29, 0.717) is 10.8 Å². The van der Waals surface area contributed by atoms with Gasteiger partial charge in [0.2, 0.25) is 0 Å². The first kappa shape index (κ1) is 19.0. The van der Waals surface area contributed by atoms with E-state index in [1.165, 1.54) is 13.0 Å². The van der Waals surface area contributed by atoms with Crippen molar-refractivity contribution in [3.8, 4) is 5.75 Å². The van der Waals surface area contributed by atoms with Crippen LogP contribution < -0.4 is 10.1 Å². The van der Waals surface area contributed by atoms with Crippen LogP contribution in [0.4, 0.5) is 0 Å². The second-order valence-corrected chi connectivity index (χ2v) is 5.33. The summed E-state index contributed by atoms with van der Waals surface area (Å²) in [6.07, 6.45) is 0.585. The van der Waals surface area contributed by atoms with Gasteiger partial charge in [-0.1, -0.05) is 23.7 Å². The molecule has 2 atom stereocenters. The van der Waals surface area contributed by atoms with Gasteiger partial charge in [0.15, 0.2) is 12.1 Å². The third kappa shape index (κ3) is 6.30. The van der Waals surface area contributed by atoms with Crippen molar-refractivity contribution in [1.29, 1.82) is 0 Å². The normalized spacial score (nSPS) is 13.0. The third-order valence-electron chi connectivity index (χ3n) is 2.89. The van der Waals surface area contributed by atoms with E-state index in [0.717, 1.165) is 5.56 Å². The van der Waals surface area contributed by atoms with Gasteiger partial charge in [-0.05, 0) is 31.5 Å². The van der Waals surface area contributed by atoms with Crippen LogP contribution in [0.2, 0.25) is 5.02 Å². The Morgan fingerprint density at radius 3 is 2.78 bits per heavy atom. The number of aliphatic carboxylic acids is 1. The number of hydrogen-bond donors (Lipinski definition) is 2. The van der Waals surface area contributed by atoms with Gasteiger partial charge in [-0.3, -0.25) is 4.79 Å². The van der Waals surface area contributed by atoms with Crippen LogP contribution in [0.5, 0.6) is 5.75 Å². The molecule has 0 spiro atoms. The van der Waals surface area contributed by atoms with E-state index >= 15 is 0 Å². The lowest BCUT2D eigenvalue weighted by atomic mass is 10.2. The highest BCUT2D eigenvalue weighted by molar-refractivity contribution is 6.32. The minimum atomic E-state index is -1.19. The molecule has 7 heteroatoms. The van der Waals surface area contributed by atoms with Crippen molar-refractivity contribution < 1.29 is 24.2 Å². The first-order chi connectivity index (χ1) is 10.8. The minimum absolute atomic E-state index is 0.162. The molecule has 0 aliphatic carbocycles. The Kier molecular flexibility index (Phi) is 7.57. The zero-order chi connectivity index (χ0) is 17.4. The molecular formula is C16H20ClNO5. The van der Waals surface area contributed by atoms with Gasteiger partial charge in [0.05, 0.1) is 18.2 Å². The fraction of sp³-hybridized carbons (Fsp3) is 0.375. The van der Waals surface area contributed by atoms with Crippen molar-refractivity contribution in [3.05, 3.63) is 41.4 Å². The Labute approximate surface area is 140 Å². The molecule has 0 aromatic heterocycles. The molecule has 0 saturated carbocycles. The number of benzene rings is 1. The molecular weight excluding hydrogens is 322 g/mol. The lowest BCUT2D eigenvalue weighted by Gasteiger charge is -2.19. The molecule has 0 radical (unpaired) electrons. The number of rotatable bonds is 9. The Morgan fingerprint density at radius 2 is 2.17 bits per heavy atom. The first-order valence-corrected chi connectivity index (χ1v) is 7.37. The van der Waals surface area contributed by atoms with Crippen LogP contribution >= 0.6 is 11.6 Å². The molecule has 1 aromatic carbocycles. The maximum Gasteiger partial charge on any atom is 0.328 e. The van der Waals surface area contributed by atoms with E-state index in [-0.39, 0.29) is 13.2 Å². The largest absolute Gasteiger partial charge is 0.480 e. The molecule has 0 aliphatic heterocycles. The number of amides is 1. The van der Waals surface area contributed by atoms with Gasteiger partial charge in [0.1, 0.15) is 5.75 Å². The van der Waals surface area contributed by atoms with E-state index in [1.807, 2.05) is 13.0 Å². The predicted octanol–water partition coefficient (Wildman–Crippen LogP) is 2.19. The highest BCUT2D eigenvalue weighted by Crippen LogP contribution is 2.26. The summed E-state index contributed by atoms with van der Waals surface area (Å²) in [6.45, 7) is 6.88. The van der Waals surface area contributed by atoms with E-state index in [1.54, 1.807) is 12.1 Å². The predicted molar refractivity (Wildman–Crippen MR) is 86.9 cm³/mol.